The first-order chi connectivity index (χ1) is 8.59. The minimum absolute atomic E-state index is 0.0706. The van der Waals surface area contributed by atoms with E-state index in [1.165, 1.54) is 6.20 Å². The van der Waals surface area contributed by atoms with Crippen LogP contribution in [0.25, 0.3) is 0 Å². The zero-order valence-corrected chi connectivity index (χ0v) is 8.98. The molecule has 2 rings (SSSR count). The molecule has 0 saturated heterocycles. The lowest BCUT2D eigenvalue weighted by Crippen LogP contribution is -2.06. The summed E-state index contributed by atoms with van der Waals surface area (Å²) < 4.78 is 26.5. The SMILES string of the molecule is O=[N+]([O-])c1ccc(F)c(F)c1NCc1ccn[nH]1. The van der Waals surface area contributed by atoms with Gasteiger partial charge in [-0.15, -0.1) is 0 Å². The van der Waals surface area contributed by atoms with Gasteiger partial charge < -0.3 is 5.32 Å². The van der Waals surface area contributed by atoms with E-state index in [1.807, 2.05) is 0 Å². The number of H-pyrrole nitrogens is 1. The van der Waals surface area contributed by atoms with Crippen LogP contribution >= 0.6 is 0 Å². The van der Waals surface area contributed by atoms with Gasteiger partial charge in [0.2, 0.25) is 0 Å². The van der Waals surface area contributed by atoms with Crippen molar-refractivity contribution in [1.82, 2.24) is 10.2 Å². The molecule has 18 heavy (non-hydrogen) atoms. The molecule has 94 valence electrons. The second-order valence-electron chi connectivity index (χ2n) is 3.45. The van der Waals surface area contributed by atoms with Crippen LogP contribution in [-0.4, -0.2) is 15.1 Å². The minimum atomic E-state index is -1.27. The summed E-state index contributed by atoms with van der Waals surface area (Å²) >= 11 is 0. The monoisotopic (exact) mass is 254 g/mol. The number of nitro groups is 1. The summed E-state index contributed by atoms with van der Waals surface area (Å²) in [4.78, 5) is 9.92. The van der Waals surface area contributed by atoms with Gasteiger partial charge in [-0.2, -0.15) is 5.10 Å². The van der Waals surface area contributed by atoms with E-state index < -0.39 is 27.9 Å². The Bertz CT molecular complexity index is 572. The molecular weight excluding hydrogens is 246 g/mol. The number of nitrogens with one attached hydrogen (secondary N) is 2. The highest BCUT2D eigenvalue weighted by atomic mass is 19.2. The standard InChI is InChI=1S/C10H8F2N4O2/c11-7-1-2-8(16(17)18)10(9(7)12)13-5-6-3-4-14-15-6/h1-4,13H,5H2,(H,14,15). The number of benzene rings is 1. The smallest absolute Gasteiger partial charge is 0.295 e. The van der Waals surface area contributed by atoms with Crippen molar-refractivity contribution >= 4 is 11.4 Å². The van der Waals surface area contributed by atoms with Gasteiger partial charge in [-0.1, -0.05) is 0 Å². The molecule has 1 heterocycles. The van der Waals surface area contributed by atoms with Crippen molar-refractivity contribution < 1.29 is 13.7 Å². The van der Waals surface area contributed by atoms with Gasteiger partial charge in [0.1, 0.15) is 0 Å². The summed E-state index contributed by atoms with van der Waals surface area (Å²) in [6.45, 7) is 0.0706. The Morgan fingerprint density at radius 2 is 2.17 bits per heavy atom. The Morgan fingerprint density at radius 3 is 2.78 bits per heavy atom. The highest BCUT2D eigenvalue weighted by Crippen LogP contribution is 2.29. The van der Waals surface area contributed by atoms with Gasteiger partial charge in [0.15, 0.2) is 17.3 Å². The molecule has 0 spiro atoms. The van der Waals surface area contributed by atoms with Crippen molar-refractivity contribution in [2.75, 3.05) is 5.32 Å². The van der Waals surface area contributed by atoms with Crippen LogP contribution in [0.4, 0.5) is 20.2 Å². The Hall–Kier alpha value is -2.51. The fourth-order valence-electron chi connectivity index (χ4n) is 1.43. The van der Waals surface area contributed by atoms with Crippen LogP contribution in [0.5, 0.6) is 0 Å². The van der Waals surface area contributed by atoms with E-state index in [2.05, 4.69) is 15.5 Å². The summed E-state index contributed by atoms with van der Waals surface area (Å²) in [5, 5.41) is 19.4. The van der Waals surface area contributed by atoms with Crippen molar-refractivity contribution in [1.29, 1.82) is 0 Å². The van der Waals surface area contributed by atoms with Gasteiger partial charge in [0.05, 0.1) is 17.2 Å². The molecule has 0 bridgehead atoms. The van der Waals surface area contributed by atoms with Gasteiger partial charge >= 0.3 is 0 Å². The van der Waals surface area contributed by atoms with Gasteiger partial charge in [0.25, 0.3) is 5.69 Å². The average molecular weight is 254 g/mol. The Morgan fingerprint density at radius 1 is 1.39 bits per heavy atom. The first-order valence-corrected chi connectivity index (χ1v) is 4.94. The number of hydrogen-bond acceptors (Lipinski definition) is 4. The van der Waals surface area contributed by atoms with Gasteiger partial charge in [-0.25, -0.2) is 8.78 Å². The molecule has 1 aromatic carbocycles. The van der Waals surface area contributed by atoms with Crippen LogP contribution in [0, 0.1) is 21.7 Å². The third-order valence-corrected chi connectivity index (χ3v) is 2.28. The molecule has 0 aliphatic carbocycles. The predicted octanol–water partition coefficient (Wildman–Crippen LogP) is 2.21. The summed E-state index contributed by atoms with van der Waals surface area (Å²) in [6.07, 6.45) is 1.48. The van der Waals surface area contributed by atoms with E-state index >= 15 is 0 Å². The van der Waals surface area contributed by atoms with Crippen LogP contribution < -0.4 is 5.32 Å². The van der Waals surface area contributed by atoms with E-state index in [9.17, 15) is 18.9 Å². The summed E-state index contributed by atoms with van der Waals surface area (Å²) in [7, 11) is 0. The van der Waals surface area contributed by atoms with E-state index in [4.69, 9.17) is 0 Å². The topological polar surface area (TPSA) is 83.8 Å². The quantitative estimate of drug-likeness (QED) is 0.647. The molecule has 0 saturated carbocycles. The lowest BCUT2D eigenvalue weighted by molar-refractivity contribution is -0.384. The Balaban J connectivity index is 2.30. The molecule has 0 radical (unpaired) electrons. The molecule has 2 aromatic rings. The van der Waals surface area contributed by atoms with Gasteiger partial charge in [-0.05, 0) is 12.1 Å². The van der Waals surface area contributed by atoms with Crippen molar-refractivity contribution in [2.24, 2.45) is 0 Å². The predicted molar refractivity (Wildman–Crippen MR) is 58.9 cm³/mol. The number of hydrogen-bond donors (Lipinski definition) is 2. The first-order valence-electron chi connectivity index (χ1n) is 4.94. The molecule has 0 aliphatic heterocycles. The molecule has 1 aromatic heterocycles. The lowest BCUT2D eigenvalue weighted by Gasteiger charge is -2.07. The van der Waals surface area contributed by atoms with E-state index in [1.54, 1.807) is 6.07 Å². The highest BCUT2D eigenvalue weighted by Gasteiger charge is 2.21. The molecule has 0 amide bonds. The molecule has 8 heteroatoms. The lowest BCUT2D eigenvalue weighted by atomic mass is 10.2. The number of nitrogens with zero attached hydrogens (tertiary/aromatic N) is 2. The van der Waals surface area contributed by atoms with Crippen molar-refractivity contribution in [3.8, 4) is 0 Å². The summed E-state index contributed by atoms with van der Waals surface area (Å²) in [5.41, 5.74) is -0.407. The average Bonchev–Trinajstić information content (AvgIpc) is 2.83. The number of anilines is 1. The zero-order chi connectivity index (χ0) is 13.1. The molecule has 0 atom stereocenters. The maximum absolute atomic E-state index is 13.5. The summed E-state index contributed by atoms with van der Waals surface area (Å²) in [5.74, 6) is -2.42. The maximum atomic E-state index is 13.5. The van der Waals surface area contributed by atoms with Gasteiger partial charge in [-0.3, -0.25) is 15.2 Å². The third-order valence-electron chi connectivity index (χ3n) is 2.28. The van der Waals surface area contributed by atoms with Gasteiger partial charge in [0, 0.05) is 12.3 Å². The van der Waals surface area contributed by atoms with E-state index in [0.29, 0.717) is 5.69 Å². The van der Waals surface area contributed by atoms with Crippen molar-refractivity contribution in [2.45, 2.75) is 6.54 Å². The number of halogens is 2. The van der Waals surface area contributed by atoms with Crippen LogP contribution in [0.2, 0.25) is 0 Å². The third kappa shape index (κ3) is 2.26. The number of nitro benzene ring substituents is 1. The number of aromatic amines is 1. The number of aromatic nitrogens is 2. The largest absolute Gasteiger partial charge is 0.371 e. The normalized spacial score (nSPS) is 10.3. The Kier molecular flexibility index (Phi) is 3.18. The molecule has 0 fully saturated rings. The van der Waals surface area contributed by atoms with Crippen LogP contribution in [-0.2, 0) is 6.54 Å². The second kappa shape index (κ2) is 4.78. The fraction of sp³-hybridized carbons (Fsp3) is 0.100. The maximum Gasteiger partial charge on any atom is 0.295 e. The van der Waals surface area contributed by atoms with Crippen molar-refractivity contribution in [3.63, 3.8) is 0 Å². The van der Waals surface area contributed by atoms with Crippen LogP contribution in [0.1, 0.15) is 5.69 Å². The van der Waals surface area contributed by atoms with E-state index in [0.717, 1.165) is 12.1 Å². The fourth-order valence-corrected chi connectivity index (χ4v) is 1.43. The van der Waals surface area contributed by atoms with Crippen LogP contribution in [0.15, 0.2) is 24.4 Å². The van der Waals surface area contributed by atoms with Crippen molar-refractivity contribution in [3.05, 3.63) is 51.8 Å². The van der Waals surface area contributed by atoms with E-state index in [-0.39, 0.29) is 6.54 Å². The minimum Gasteiger partial charge on any atom is -0.371 e. The molecule has 6 nitrogen and oxygen atoms in total. The zero-order valence-electron chi connectivity index (χ0n) is 8.98. The molecule has 2 N–H and O–H groups in total. The molecule has 0 unspecified atom stereocenters. The molecule has 0 aliphatic rings. The number of rotatable bonds is 4. The first kappa shape index (κ1) is 12.0. The summed E-state index contributed by atoms with van der Waals surface area (Å²) in [6, 6.07) is 3.23. The second-order valence-corrected chi connectivity index (χ2v) is 3.45. The Labute approximate surface area is 99.8 Å². The highest BCUT2D eigenvalue weighted by molar-refractivity contribution is 5.62. The van der Waals surface area contributed by atoms with Crippen LogP contribution in [0.3, 0.4) is 0 Å². The molecular formula is C10H8F2N4O2.